The molecule has 1 N–H and O–H groups in total. The SMILES string of the molecule is CCCCCCCCCCCCOC(=O)C(CC(C)C)NC(=O)c1c(F)c(F)c(F)c(F)c1F. The van der Waals surface area contributed by atoms with Crippen molar-refractivity contribution < 1.29 is 36.3 Å². The van der Waals surface area contributed by atoms with Crippen LogP contribution in [0.4, 0.5) is 22.0 Å². The maximum Gasteiger partial charge on any atom is 0.328 e. The number of amides is 1. The van der Waals surface area contributed by atoms with Crippen molar-refractivity contribution in [2.45, 2.75) is 97.4 Å². The highest BCUT2D eigenvalue weighted by atomic mass is 19.2. The molecule has 1 unspecified atom stereocenters. The normalized spacial score (nSPS) is 12.1. The number of nitrogens with one attached hydrogen (secondary N) is 1. The van der Waals surface area contributed by atoms with Crippen LogP contribution in [0, 0.1) is 35.0 Å². The van der Waals surface area contributed by atoms with E-state index in [9.17, 15) is 31.5 Å². The maximum atomic E-state index is 13.9. The zero-order chi connectivity index (χ0) is 25.7. The van der Waals surface area contributed by atoms with Crippen LogP contribution >= 0.6 is 0 Å². The van der Waals surface area contributed by atoms with Gasteiger partial charge in [0.2, 0.25) is 5.82 Å². The van der Waals surface area contributed by atoms with E-state index in [0.29, 0.717) is 6.42 Å². The summed E-state index contributed by atoms with van der Waals surface area (Å²) in [5.41, 5.74) is -1.63. The van der Waals surface area contributed by atoms with Gasteiger partial charge in [-0.1, -0.05) is 78.6 Å². The fraction of sp³-hybridized carbons (Fsp3) is 0.680. The van der Waals surface area contributed by atoms with Gasteiger partial charge in [0, 0.05) is 0 Å². The zero-order valence-electron chi connectivity index (χ0n) is 20.3. The summed E-state index contributed by atoms with van der Waals surface area (Å²) >= 11 is 0. The van der Waals surface area contributed by atoms with Gasteiger partial charge in [0.05, 0.1) is 6.61 Å². The first-order valence-corrected chi connectivity index (χ1v) is 12.1. The first-order chi connectivity index (χ1) is 16.1. The van der Waals surface area contributed by atoms with E-state index in [0.717, 1.165) is 19.3 Å². The number of carbonyl (C=O) groups excluding carboxylic acids is 2. The molecule has 1 rings (SSSR count). The highest BCUT2D eigenvalue weighted by Crippen LogP contribution is 2.23. The summed E-state index contributed by atoms with van der Waals surface area (Å²) in [6.45, 7) is 5.78. The Morgan fingerprint density at radius 2 is 1.18 bits per heavy atom. The van der Waals surface area contributed by atoms with Crippen molar-refractivity contribution in [1.82, 2.24) is 5.32 Å². The second-order valence-electron chi connectivity index (χ2n) is 8.95. The summed E-state index contributed by atoms with van der Waals surface area (Å²) in [5.74, 6) is -13.8. The predicted molar refractivity (Wildman–Crippen MR) is 120 cm³/mol. The highest BCUT2D eigenvalue weighted by molar-refractivity contribution is 5.97. The fourth-order valence-corrected chi connectivity index (χ4v) is 3.58. The van der Waals surface area contributed by atoms with Gasteiger partial charge in [-0.2, -0.15) is 0 Å². The molecule has 1 atom stereocenters. The number of halogens is 5. The van der Waals surface area contributed by atoms with Crippen molar-refractivity contribution >= 4 is 11.9 Å². The first kappa shape index (κ1) is 29.8. The highest BCUT2D eigenvalue weighted by Gasteiger charge is 2.32. The Hall–Kier alpha value is -2.19. The summed E-state index contributed by atoms with van der Waals surface area (Å²) in [5, 5.41) is 2.06. The summed E-state index contributed by atoms with van der Waals surface area (Å²) in [6.07, 6.45) is 11.1. The van der Waals surface area contributed by atoms with Gasteiger partial charge in [-0.15, -0.1) is 0 Å². The zero-order valence-corrected chi connectivity index (χ0v) is 20.3. The van der Waals surface area contributed by atoms with Crippen molar-refractivity contribution in [3.8, 4) is 0 Å². The lowest BCUT2D eigenvalue weighted by molar-refractivity contribution is -0.146. The molecule has 9 heteroatoms. The minimum absolute atomic E-state index is 0.0675. The lowest BCUT2D eigenvalue weighted by Gasteiger charge is -2.20. The van der Waals surface area contributed by atoms with Gasteiger partial charge in [0.15, 0.2) is 23.3 Å². The first-order valence-electron chi connectivity index (χ1n) is 12.1. The van der Waals surface area contributed by atoms with Crippen molar-refractivity contribution in [1.29, 1.82) is 0 Å². The van der Waals surface area contributed by atoms with Crippen LogP contribution in [0.25, 0.3) is 0 Å². The molecule has 4 nitrogen and oxygen atoms in total. The van der Waals surface area contributed by atoms with Crippen molar-refractivity contribution in [3.05, 3.63) is 34.6 Å². The standard InChI is InChI=1S/C25H36F5NO3/c1-4-5-6-7-8-9-10-11-12-13-14-34-25(33)17(15-16(2)3)31-24(32)18-19(26)21(28)23(30)22(29)20(18)27/h16-17H,4-15H2,1-3H3,(H,31,32). The van der Waals surface area contributed by atoms with Crippen LogP contribution in [-0.2, 0) is 9.53 Å². The lowest BCUT2D eigenvalue weighted by Crippen LogP contribution is -2.43. The fourth-order valence-electron chi connectivity index (χ4n) is 3.58. The third kappa shape index (κ3) is 9.58. The van der Waals surface area contributed by atoms with Crippen molar-refractivity contribution in [3.63, 3.8) is 0 Å². The van der Waals surface area contributed by atoms with Gasteiger partial charge >= 0.3 is 5.97 Å². The third-order valence-electron chi connectivity index (χ3n) is 5.48. The lowest BCUT2D eigenvalue weighted by atomic mass is 10.0. The molecule has 1 aromatic carbocycles. The minimum Gasteiger partial charge on any atom is -0.464 e. The van der Waals surface area contributed by atoms with Crippen LogP contribution in [0.1, 0.15) is 102 Å². The molecule has 0 saturated heterocycles. The summed E-state index contributed by atoms with van der Waals surface area (Å²) in [7, 11) is 0. The summed E-state index contributed by atoms with van der Waals surface area (Å²) in [6, 6.07) is -1.29. The van der Waals surface area contributed by atoms with E-state index in [-0.39, 0.29) is 18.9 Å². The number of hydrogen-bond donors (Lipinski definition) is 1. The van der Waals surface area contributed by atoms with Gasteiger partial charge in [-0.25, -0.2) is 26.7 Å². The molecule has 0 fully saturated rings. The molecule has 1 amide bonds. The molecule has 194 valence electrons. The number of rotatable bonds is 16. The quantitative estimate of drug-likeness (QED) is 0.0888. The van der Waals surface area contributed by atoms with E-state index in [4.69, 9.17) is 4.74 Å². The number of ether oxygens (including phenoxy) is 1. The number of esters is 1. The van der Waals surface area contributed by atoms with Gasteiger partial charge in [0.25, 0.3) is 5.91 Å². The molecule has 0 bridgehead atoms. The van der Waals surface area contributed by atoms with Gasteiger partial charge in [-0.3, -0.25) is 4.79 Å². The van der Waals surface area contributed by atoms with Crippen LogP contribution in [-0.4, -0.2) is 24.5 Å². The number of hydrogen-bond acceptors (Lipinski definition) is 3. The Morgan fingerprint density at radius 1 is 0.735 bits per heavy atom. The Kier molecular flexibility index (Phi) is 13.7. The molecule has 0 aromatic heterocycles. The Bertz CT molecular complexity index is 772. The number of unbranched alkanes of at least 4 members (excludes halogenated alkanes) is 9. The number of benzene rings is 1. The summed E-state index contributed by atoms with van der Waals surface area (Å²) in [4.78, 5) is 24.7. The van der Waals surface area contributed by atoms with Crippen molar-refractivity contribution in [2.75, 3.05) is 6.61 Å². The molecule has 34 heavy (non-hydrogen) atoms. The molecule has 0 spiro atoms. The summed E-state index contributed by atoms with van der Waals surface area (Å²) < 4.78 is 73.1. The average Bonchev–Trinajstić information content (AvgIpc) is 2.79. The van der Waals surface area contributed by atoms with Crippen LogP contribution in [0.3, 0.4) is 0 Å². The molecule has 0 saturated carbocycles. The average molecular weight is 494 g/mol. The Labute approximate surface area is 198 Å². The molecular weight excluding hydrogens is 457 g/mol. The van der Waals surface area contributed by atoms with Crippen LogP contribution < -0.4 is 5.32 Å². The van der Waals surface area contributed by atoms with E-state index in [1.165, 1.54) is 38.5 Å². The minimum atomic E-state index is -2.36. The topological polar surface area (TPSA) is 55.4 Å². The van der Waals surface area contributed by atoms with Crippen LogP contribution in [0.5, 0.6) is 0 Å². The Morgan fingerprint density at radius 3 is 1.65 bits per heavy atom. The van der Waals surface area contributed by atoms with Crippen molar-refractivity contribution in [2.24, 2.45) is 5.92 Å². The third-order valence-corrected chi connectivity index (χ3v) is 5.48. The Balaban J connectivity index is 2.56. The molecule has 0 heterocycles. The second kappa shape index (κ2) is 15.7. The maximum absolute atomic E-state index is 13.9. The largest absolute Gasteiger partial charge is 0.464 e. The molecule has 0 aliphatic carbocycles. The number of carbonyl (C=O) groups is 2. The van der Waals surface area contributed by atoms with Gasteiger partial charge < -0.3 is 10.1 Å². The second-order valence-corrected chi connectivity index (χ2v) is 8.95. The van der Waals surface area contributed by atoms with Crippen LogP contribution in [0.2, 0.25) is 0 Å². The molecule has 0 aliphatic rings. The van der Waals surface area contributed by atoms with E-state index in [1.807, 2.05) is 0 Å². The van der Waals surface area contributed by atoms with Crippen LogP contribution in [0.15, 0.2) is 0 Å². The molecule has 0 radical (unpaired) electrons. The molecule has 1 aromatic rings. The van der Waals surface area contributed by atoms with E-state index < -0.39 is 52.6 Å². The van der Waals surface area contributed by atoms with Gasteiger partial charge in [-0.05, 0) is 18.8 Å². The van der Waals surface area contributed by atoms with Gasteiger partial charge in [0.1, 0.15) is 11.6 Å². The van der Waals surface area contributed by atoms with E-state index >= 15 is 0 Å². The van der Waals surface area contributed by atoms with E-state index in [1.54, 1.807) is 13.8 Å². The smallest absolute Gasteiger partial charge is 0.328 e. The molecular formula is C25H36F5NO3. The molecule has 0 aliphatic heterocycles. The monoisotopic (exact) mass is 493 g/mol. The van der Waals surface area contributed by atoms with E-state index in [2.05, 4.69) is 12.2 Å². The predicted octanol–water partition coefficient (Wildman–Crippen LogP) is 6.99.